The molecule has 0 aliphatic heterocycles. The highest BCUT2D eigenvalue weighted by Gasteiger charge is 2.14. The number of anilines is 1. The lowest BCUT2D eigenvalue weighted by Crippen LogP contribution is -2.17. The van der Waals surface area contributed by atoms with Crippen LogP contribution in [0, 0.1) is 11.3 Å². The van der Waals surface area contributed by atoms with Crippen LogP contribution in [0.4, 0.5) is 5.82 Å². The van der Waals surface area contributed by atoms with E-state index in [9.17, 15) is 10.1 Å². The molecule has 0 fully saturated rings. The molecule has 0 radical (unpaired) electrons. The first-order valence-electron chi connectivity index (χ1n) is 7.41. The monoisotopic (exact) mass is 377 g/mol. The number of rotatable bonds is 8. The lowest BCUT2D eigenvalue weighted by molar-refractivity contribution is -0.119. The van der Waals surface area contributed by atoms with Crippen LogP contribution in [-0.4, -0.2) is 29.2 Å². The van der Waals surface area contributed by atoms with Gasteiger partial charge in [0.05, 0.1) is 0 Å². The van der Waals surface area contributed by atoms with Crippen molar-refractivity contribution in [3.05, 3.63) is 46.8 Å². The third-order valence-electron chi connectivity index (χ3n) is 3.10. The normalized spacial score (nSPS) is 11.6. The fourth-order valence-electron chi connectivity index (χ4n) is 1.89. The lowest BCUT2D eigenvalue weighted by Gasteiger charge is -2.13. The summed E-state index contributed by atoms with van der Waals surface area (Å²) in [5.41, 5.74) is 1.93. The summed E-state index contributed by atoms with van der Waals surface area (Å²) in [7, 11) is 1.58. The molecule has 0 saturated heterocycles. The van der Waals surface area contributed by atoms with Gasteiger partial charge in [0, 0.05) is 25.6 Å². The molecule has 0 spiro atoms. The fraction of sp³-hybridized carbons (Fsp3) is 0.294. The van der Waals surface area contributed by atoms with E-state index in [-0.39, 0.29) is 23.0 Å². The number of allylic oxidation sites excluding steroid dienone is 3. The lowest BCUT2D eigenvalue weighted by atomic mass is 10.1. The third kappa shape index (κ3) is 6.61. The fourth-order valence-corrected chi connectivity index (χ4v) is 2.52. The second-order valence-electron chi connectivity index (χ2n) is 4.99. The number of nitrogens with one attached hydrogen (secondary N) is 2. The number of amides is 1. The summed E-state index contributed by atoms with van der Waals surface area (Å²) in [6, 6.07) is 2.01. The van der Waals surface area contributed by atoms with E-state index in [2.05, 4.69) is 27.2 Å². The predicted molar refractivity (Wildman–Crippen MR) is 102 cm³/mol. The smallest absolute Gasteiger partial charge is 0.223 e. The molecule has 0 saturated carbocycles. The molecule has 0 aliphatic carbocycles. The molecule has 0 aromatic carbocycles. The first-order valence-corrected chi connectivity index (χ1v) is 9.01. The number of nitriles is 1. The Bertz CT molecular complexity index is 752. The minimum Gasteiger partial charge on any atom is -0.359 e. The maximum Gasteiger partial charge on any atom is 0.223 e. The number of carbonyl (C=O) groups is 1. The highest BCUT2D eigenvalue weighted by atomic mass is 35.5. The molecular formula is C17H20ClN5OS. The van der Waals surface area contributed by atoms with Crippen LogP contribution >= 0.6 is 23.4 Å². The summed E-state index contributed by atoms with van der Waals surface area (Å²) in [6.45, 7) is 5.62. The quantitative estimate of drug-likeness (QED) is 0.311. The molecule has 6 nitrogen and oxygen atoms in total. The van der Waals surface area contributed by atoms with Crippen molar-refractivity contribution in [3.63, 3.8) is 0 Å². The number of carbonyl (C=O) groups excluding carboxylic acids is 1. The standard InChI is InChI=1S/C17H20ClN5OS/c1-5-6-11(2)9-12(7-8-14(24)20-3)21-16-13(10-19)15(18)22-17(23-16)25-4/h5-7H,1,8-9H2,2-4H3,(H,20,24)(H,21,22,23)/b11-6-,12-7+. The number of hydrogen-bond acceptors (Lipinski definition) is 6. The van der Waals surface area contributed by atoms with Gasteiger partial charge in [0.15, 0.2) is 16.1 Å². The van der Waals surface area contributed by atoms with Gasteiger partial charge < -0.3 is 10.6 Å². The number of thioether (sulfide) groups is 1. The number of halogens is 1. The molecule has 8 heteroatoms. The Labute approximate surface area is 157 Å². The van der Waals surface area contributed by atoms with Gasteiger partial charge in [-0.25, -0.2) is 9.97 Å². The van der Waals surface area contributed by atoms with Crippen LogP contribution in [0.5, 0.6) is 0 Å². The van der Waals surface area contributed by atoms with Crippen molar-refractivity contribution in [2.45, 2.75) is 24.9 Å². The highest BCUT2D eigenvalue weighted by molar-refractivity contribution is 7.98. The Kier molecular flexibility index (Phi) is 8.75. The van der Waals surface area contributed by atoms with Crippen LogP contribution < -0.4 is 10.6 Å². The first kappa shape index (κ1) is 20.7. The predicted octanol–water partition coefficient (Wildman–Crippen LogP) is 3.68. The maximum atomic E-state index is 11.5. The van der Waals surface area contributed by atoms with E-state index >= 15 is 0 Å². The largest absolute Gasteiger partial charge is 0.359 e. The molecule has 0 aliphatic rings. The molecule has 0 unspecified atom stereocenters. The Balaban J connectivity index is 3.22. The average molecular weight is 378 g/mol. The summed E-state index contributed by atoms with van der Waals surface area (Å²) in [5.74, 6) is 0.206. The van der Waals surface area contributed by atoms with E-state index in [1.165, 1.54) is 11.8 Å². The minimum atomic E-state index is -0.115. The molecule has 1 amide bonds. The molecule has 0 atom stereocenters. The van der Waals surface area contributed by atoms with Crippen molar-refractivity contribution in [3.8, 4) is 6.07 Å². The molecule has 132 valence electrons. The van der Waals surface area contributed by atoms with Gasteiger partial charge in [0.1, 0.15) is 11.6 Å². The second-order valence-corrected chi connectivity index (χ2v) is 6.13. The summed E-state index contributed by atoms with van der Waals surface area (Å²) < 4.78 is 0. The zero-order valence-corrected chi connectivity index (χ0v) is 16.0. The molecule has 1 aromatic heterocycles. The highest BCUT2D eigenvalue weighted by Crippen LogP contribution is 2.25. The van der Waals surface area contributed by atoms with Gasteiger partial charge in [-0.2, -0.15) is 5.26 Å². The SMILES string of the molecule is C=C/C=C(/C)C/C(=C\CC(=O)NC)Nc1nc(SC)nc(Cl)c1C#N. The van der Waals surface area contributed by atoms with E-state index in [1.54, 1.807) is 19.2 Å². The summed E-state index contributed by atoms with van der Waals surface area (Å²) in [6.07, 6.45) is 7.90. The van der Waals surface area contributed by atoms with E-state index in [0.717, 1.165) is 11.3 Å². The molecule has 1 rings (SSSR count). The molecule has 1 heterocycles. The summed E-state index contributed by atoms with van der Waals surface area (Å²) in [5, 5.41) is 15.6. The summed E-state index contributed by atoms with van der Waals surface area (Å²) in [4.78, 5) is 19.9. The molecule has 25 heavy (non-hydrogen) atoms. The van der Waals surface area contributed by atoms with E-state index in [4.69, 9.17) is 11.6 Å². The van der Waals surface area contributed by atoms with Crippen molar-refractivity contribution in [1.82, 2.24) is 15.3 Å². The van der Waals surface area contributed by atoms with Gasteiger partial charge in [0.25, 0.3) is 0 Å². The van der Waals surface area contributed by atoms with Gasteiger partial charge in [-0.05, 0) is 13.2 Å². The summed E-state index contributed by atoms with van der Waals surface area (Å²) >= 11 is 7.39. The zero-order valence-electron chi connectivity index (χ0n) is 14.4. The molecule has 0 bridgehead atoms. The molecular weight excluding hydrogens is 358 g/mol. The Hall–Kier alpha value is -2.30. The van der Waals surface area contributed by atoms with E-state index < -0.39 is 0 Å². The van der Waals surface area contributed by atoms with Gasteiger partial charge in [-0.3, -0.25) is 4.79 Å². The van der Waals surface area contributed by atoms with Crippen LogP contribution in [0.25, 0.3) is 0 Å². The van der Waals surface area contributed by atoms with Crippen LogP contribution in [-0.2, 0) is 4.79 Å². The van der Waals surface area contributed by atoms with Crippen LogP contribution in [0.1, 0.15) is 25.3 Å². The Morgan fingerprint density at radius 2 is 2.20 bits per heavy atom. The van der Waals surface area contributed by atoms with E-state index in [1.807, 2.05) is 25.3 Å². The van der Waals surface area contributed by atoms with Crippen molar-refractivity contribution < 1.29 is 4.79 Å². The topological polar surface area (TPSA) is 90.7 Å². The van der Waals surface area contributed by atoms with Gasteiger partial charge in [-0.1, -0.05) is 53.7 Å². The third-order valence-corrected chi connectivity index (χ3v) is 3.92. The van der Waals surface area contributed by atoms with Crippen molar-refractivity contribution in [1.29, 1.82) is 5.26 Å². The van der Waals surface area contributed by atoms with Gasteiger partial charge >= 0.3 is 0 Å². The zero-order chi connectivity index (χ0) is 18.8. The van der Waals surface area contributed by atoms with Crippen LogP contribution in [0.2, 0.25) is 5.15 Å². The van der Waals surface area contributed by atoms with E-state index in [0.29, 0.717) is 17.4 Å². The Morgan fingerprint density at radius 3 is 2.76 bits per heavy atom. The van der Waals surface area contributed by atoms with Crippen molar-refractivity contribution >= 4 is 35.1 Å². The van der Waals surface area contributed by atoms with Crippen molar-refractivity contribution in [2.24, 2.45) is 0 Å². The minimum absolute atomic E-state index is 0.0911. The van der Waals surface area contributed by atoms with Gasteiger partial charge in [-0.15, -0.1) is 0 Å². The second kappa shape index (κ2) is 10.5. The molecule has 1 aromatic rings. The van der Waals surface area contributed by atoms with Crippen LogP contribution in [0.3, 0.4) is 0 Å². The number of nitrogens with zero attached hydrogens (tertiary/aromatic N) is 3. The van der Waals surface area contributed by atoms with Crippen molar-refractivity contribution in [2.75, 3.05) is 18.6 Å². The first-order chi connectivity index (χ1) is 11.9. The number of aromatic nitrogens is 2. The van der Waals surface area contributed by atoms with Gasteiger partial charge in [0.2, 0.25) is 5.91 Å². The Morgan fingerprint density at radius 1 is 1.48 bits per heavy atom. The maximum absolute atomic E-state index is 11.5. The number of hydrogen-bond donors (Lipinski definition) is 2. The average Bonchev–Trinajstić information content (AvgIpc) is 2.59. The molecule has 2 N–H and O–H groups in total. The van der Waals surface area contributed by atoms with Crippen LogP contribution in [0.15, 0.2) is 41.2 Å².